The van der Waals surface area contributed by atoms with E-state index in [1.807, 2.05) is 30.4 Å². The Morgan fingerprint density at radius 2 is 1.51 bits per heavy atom. The number of carbonyl (C=O) groups excluding carboxylic acids is 3. The number of rotatable bonds is 6. The Morgan fingerprint density at radius 3 is 2.12 bits per heavy atom. The molecule has 0 aliphatic heterocycles. The van der Waals surface area contributed by atoms with Crippen LogP contribution in [-0.2, 0) is 15.9 Å². The summed E-state index contributed by atoms with van der Waals surface area (Å²) in [4.78, 5) is 41.2. The van der Waals surface area contributed by atoms with Crippen LogP contribution in [0.3, 0.4) is 0 Å². The molecular weight excluding hydrogens is 570 g/mol. The minimum Gasteiger partial charge on any atom is -0.444 e. The third-order valence-corrected chi connectivity index (χ3v) is 5.60. The summed E-state index contributed by atoms with van der Waals surface area (Å²) < 4.78 is 16.0. The fourth-order valence-corrected chi connectivity index (χ4v) is 3.73. The number of hydrogen-bond donors (Lipinski definition) is 2. The number of benzene rings is 3. The molecule has 0 aliphatic carbocycles. The first-order chi connectivity index (χ1) is 20.2. The van der Waals surface area contributed by atoms with E-state index >= 15 is 0 Å². The maximum Gasteiger partial charge on any atom is 0.437 e. The predicted octanol–water partition coefficient (Wildman–Crippen LogP) is 8.04. The van der Waals surface area contributed by atoms with Gasteiger partial charge < -0.3 is 19.5 Å². The summed E-state index contributed by atoms with van der Waals surface area (Å²) >= 11 is 6.42. The molecule has 0 atom stereocenters. The zero-order valence-corrected chi connectivity index (χ0v) is 25.8. The Kier molecular flexibility index (Phi) is 11.1. The maximum atomic E-state index is 12.8. The second-order valence-corrected chi connectivity index (χ2v) is 11.8. The maximum absolute atomic E-state index is 12.8. The number of esters is 1. The normalized spacial score (nSPS) is 12.0. The summed E-state index contributed by atoms with van der Waals surface area (Å²) in [5, 5.41) is 5.69. The summed E-state index contributed by atoms with van der Waals surface area (Å²) in [6.45, 7) is 10.2. The van der Waals surface area contributed by atoms with E-state index in [0.717, 1.165) is 12.0 Å². The van der Waals surface area contributed by atoms with Crippen molar-refractivity contribution in [3.63, 3.8) is 0 Å². The van der Waals surface area contributed by atoms with Gasteiger partial charge in [-0.3, -0.25) is 5.32 Å². The molecule has 2 amide bonds. The third kappa shape index (κ3) is 12.0. The molecule has 0 aromatic heterocycles. The van der Waals surface area contributed by atoms with Crippen LogP contribution in [0.1, 0.15) is 63.0 Å². The Balaban J connectivity index is 1.65. The topological polar surface area (TPSA) is 115 Å². The van der Waals surface area contributed by atoms with Gasteiger partial charge in [-0.1, -0.05) is 54.1 Å². The number of allylic oxidation sites excluding steroid dienone is 1. The van der Waals surface area contributed by atoms with Crippen LogP contribution in [-0.4, -0.2) is 35.3 Å². The number of nitrogens with zero attached hydrogens (tertiary/aromatic N) is 1. The average Bonchev–Trinajstić information content (AvgIpc) is 2.88. The molecule has 9 nitrogen and oxygen atoms in total. The zero-order valence-electron chi connectivity index (χ0n) is 25.1. The highest BCUT2D eigenvalue weighted by atomic mass is 35.5. The first kappa shape index (κ1) is 32.9. The quantitative estimate of drug-likeness (QED) is 0.126. The number of carbonyl (C=O) groups is 3. The van der Waals surface area contributed by atoms with E-state index < -0.39 is 29.4 Å². The second kappa shape index (κ2) is 14.5. The van der Waals surface area contributed by atoms with Gasteiger partial charge in [-0.2, -0.15) is 0 Å². The van der Waals surface area contributed by atoms with Gasteiger partial charge in [-0.15, -0.1) is 4.99 Å². The van der Waals surface area contributed by atoms with Crippen LogP contribution in [0.15, 0.2) is 83.9 Å². The Bertz CT molecular complexity index is 1490. The average molecular weight is 606 g/mol. The van der Waals surface area contributed by atoms with Crippen LogP contribution in [0.4, 0.5) is 15.3 Å². The van der Waals surface area contributed by atoms with Crippen molar-refractivity contribution in [1.29, 1.82) is 0 Å². The zero-order chi connectivity index (χ0) is 31.6. The van der Waals surface area contributed by atoms with Gasteiger partial charge in [-0.05, 0) is 95.5 Å². The SMILES string of the molecule is CC(C)(C)OC(=O)/N=C(/NC(=O)OC(C)(C)C)Nc1ccc(C(=O)Oc2ccc(/C=C/Cc3ccccc3)c(Cl)c2)cc1. The number of guanidine groups is 1. The van der Waals surface area contributed by atoms with Crippen molar-refractivity contribution < 1.29 is 28.6 Å². The molecule has 43 heavy (non-hydrogen) atoms. The monoisotopic (exact) mass is 605 g/mol. The highest BCUT2D eigenvalue weighted by Crippen LogP contribution is 2.25. The van der Waals surface area contributed by atoms with E-state index in [9.17, 15) is 14.4 Å². The lowest BCUT2D eigenvalue weighted by molar-refractivity contribution is 0.0561. The largest absolute Gasteiger partial charge is 0.444 e. The van der Waals surface area contributed by atoms with Crippen LogP contribution in [0.2, 0.25) is 5.02 Å². The lowest BCUT2D eigenvalue weighted by Crippen LogP contribution is -2.40. The van der Waals surface area contributed by atoms with Gasteiger partial charge in [0.15, 0.2) is 0 Å². The second-order valence-electron chi connectivity index (χ2n) is 11.4. The fraction of sp³-hybridized carbons (Fsp3) is 0.273. The van der Waals surface area contributed by atoms with Crippen molar-refractivity contribution in [3.05, 3.63) is 101 Å². The first-order valence-corrected chi connectivity index (χ1v) is 14.0. The number of ether oxygens (including phenoxy) is 3. The van der Waals surface area contributed by atoms with E-state index in [4.69, 9.17) is 25.8 Å². The van der Waals surface area contributed by atoms with Crippen LogP contribution in [0, 0.1) is 0 Å². The van der Waals surface area contributed by atoms with Gasteiger partial charge in [-0.25, -0.2) is 14.4 Å². The van der Waals surface area contributed by atoms with Crippen LogP contribution in [0.5, 0.6) is 5.75 Å². The number of amides is 2. The smallest absolute Gasteiger partial charge is 0.437 e. The van der Waals surface area contributed by atoms with E-state index in [2.05, 4.69) is 27.8 Å². The Labute approximate surface area is 256 Å². The molecule has 0 radical (unpaired) electrons. The Hall–Kier alpha value is -4.63. The van der Waals surface area contributed by atoms with Crippen molar-refractivity contribution in [2.45, 2.75) is 59.2 Å². The number of hydrogen-bond acceptors (Lipinski definition) is 6. The molecular formula is C33H36ClN3O6. The molecule has 2 N–H and O–H groups in total. The molecule has 226 valence electrons. The van der Waals surface area contributed by atoms with Crippen LogP contribution in [0.25, 0.3) is 6.08 Å². The summed E-state index contributed by atoms with van der Waals surface area (Å²) in [5.41, 5.74) is 1.11. The summed E-state index contributed by atoms with van der Waals surface area (Å²) in [6.07, 6.45) is 2.97. The van der Waals surface area contributed by atoms with Gasteiger partial charge in [0, 0.05) is 11.8 Å². The minimum absolute atomic E-state index is 0.216. The van der Waals surface area contributed by atoms with Gasteiger partial charge in [0.25, 0.3) is 0 Å². The molecule has 0 saturated heterocycles. The molecule has 0 aliphatic rings. The van der Waals surface area contributed by atoms with E-state index in [0.29, 0.717) is 16.5 Å². The molecule has 0 fully saturated rings. The fourth-order valence-electron chi connectivity index (χ4n) is 3.50. The van der Waals surface area contributed by atoms with Crippen LogP contribution < -0.4 is 15.4 Å². The first-order valence-electron chi connectivity index (χ1n) is 13.6. The van der Waals surface area contributed by atoms with Crippen molar-refractivity contribution in [1.82, 2.24) is 5.32 Å². The summed E-state index contributed by atoms with van der Waals surface area (Å²) in [7, 11) is 0. The van der Waals surface area contributed by atoms with Crippen molar-refractivity contribution in [2.24, 2.45) is 4.99 Å². The molecule has 0 heterocycles. The highest BCUT2D eigenvalue weighted by molar-refractivity contribution is 6.32. The molecule has 0 spiro atoms. The molecule has 10 heteroatoms. The number of anilines is 1. The van der Waals surface area contributed by atoms with Gasteiger partial charge in [0.1, 0.15) is 17.0 Å². The van der Waals surface area contributed by atoms with E-state index in [1.165, 1.54) is 17.7 Å². The Morgan fingerprint density at radius 1 is 0.860 bits per heavy atom. The molecule has 0 saturated carbocycles. The molecule has 3 rings (SSSR count). The highest BCUT2D eigenvalue weighted by Gasteiger charge is 2.20. The number of alkyl carbamates (subject to hydrolysis) is 1. The molecule has 0 bridgehead atoms. The number of aliphatic imine (C=N–C) groups is 1. The van der Waals surface area contributed by atoms with Crippen molar-refractivity contribution in [2.75, 3.05) is 5.32 Å². The molecule has 0 unspecified atom stereocenters. The van der Waals surface area contributed by atoms with Crippen molar-refractivity contribution in [3.8, 4) is 5.75 Å². The summed E-state index contributed by atoms with van der Waals surface area (Å²) in [6, 6.07) is 21.3. The van der Waals surface area contributed by atoms with Crippen molar-refractivity contribution >= 4 is 47.5 Å². The van der Waals surface area contributed by atoms with E-state index in [1.54, 1.807) is 71.9 Å². The van der Waals surface area contributed by atoms with Crippen LogP contribution >= 0.6 is 11.6 Å². The van der Waals surface area contributed by atoms with Gasteiger partial charge >= 0.3 is 18.2 Å². The lowest BCUT2D eigenvalue weighted by Gasteiger charge is -2.21. The minimum atomic E-state index is -0.914. The van der Waals surface area contributed by atoms with Gasteiger partial charge in [0.05, 0.1) is 10.6 Å². The van der Waals surface area contributed by atoms with Gasteiger partial charge in [0.2, 0.25) is 5.96 Å². The lowest BCUT2D eigenvalue weighted by atomic mass is 10.1. The number of halogens is 1. The van der Waals surface area contributed by atoms with E-state index in [-0.39, 0.29) is 11.5 Å². The molecule has 3 aromatic carbocycles. The predicted molar refractivity (Wildman–Crippen MR) is 169 cm³/mol. The molecule has 3 aromatic rings. The summed E-state index contributed by atoms with van der Waals surface area (Å²) in [5.74, 6) is -0.512. The number of nitrogens with one attached hydrogen (secondary N) is 2. The standard InChI is InChI=1S/C33H36ClN3O6/c1-32(2,3)42-30(39)36-29(37-31(40)43-33(4,5)6)35-25-18-15-24(16-19-25)28(38)41-26-20-17-23(27(34)21-26)14-10-13-22-11-8-7-9-12-22/h7-12,14-21H,13H2,1-6H3,(H2,35,36,37,39,40)/b14-10+. The third-order valence-electron chi connectivity index (χ3n) is 5.28.